The lowest BCUT2D eigenvalue weighted by molar-refractivity contribution is -0.184. The van der Waals surface area contributed by atoms with Gasteiger partial charge in [0, 0.05) is 82.6 Å². The summed E-state index contributed by atoms with van der Waals surface area (Å²) in [5.74, 6) is -2.76. The fraction of sp³-hybridized carbons (Fsp3) is 0.646. The number of aliphatic hydroxyl groups excluding tert-OH is 10. The second-order valence-electron chi connectivity index (χ2n) is 35.9. The summed E-state index contributed by atoms with van der Waals surface area (Å²) in [5, 5.41) is 111. The largest absolute Gasteiger partial charge is 0.471 e. The Morgan fingerprint density at radius 1 is 0.403 bits per heavy atom. The van der Waals surface area contributed by atoms with Crippen LogP contribution in [0, 0.1) is 9.54 Å². The molecule has 728 valence electrons. The number of halogens is 3. The molecule has 40 nitrogen and oxygen atoms in total. The second-order valence-corrected chi connectivity index (χ2v) is 58.3. The van der Waals surface area contributed by atoms with Crippen molar-refractivity contribution in [3.05, 3.63) is 152 Å². The van der Waals surface area contributed by atoms with Gasteiger partial charge in [-0.25, -0.2) is 14.4 Å². The molecule has 0 bridgehead atoms. The van der Waals surface area contributed by atoms with Crippen molar-refractivity contribution in [2.45, 2.75) is 214 Å². The van der Waals surface area contributed by atoms with Gasteiger partial charge in [0.2, 0.25) is 11.8 Å². The zero-order valence-corrected chi connectivity index (χ0v) is 81.1. The molecule has 5 saturated heterocycles. The number of aryl methyl sites for hydroxylation is 1. The summed E-state index contributed by atoms with van der Waals surface area (Å²) >= 11 is 10.3. The van der Waals surface area contributed by atoms with E-state index in [9.17, 15) is 117 Å². The maximum absolute atomic E-state index is 12.6. The van der Waals surface area contributed by atoms with E-state index >= 15 is 0 Å². The summed E-state index contributed by atoms with van der Waals surface area (Å²) in [6.45, 7) is 18.1. The molecule has 0 aromatic carbocycles. The Morgan fingerprint density at radius 2 is 0.628 bits per heavy atom. The fourth-order valence-electron chi connectivity index (χ4n) is 13.9. The van der Waals surface area contributed by atoms with Gasteiger partial charge in [0.05, 0.1) is 53.8 Å². The molecule has 0 aliphatic carbocycles. The van der Waals surface area contributed by atoms with E-state index in [1.54, 1.807) is 13.2 Å². The van der Waals surface area contributed by atoms with Gasteiger partial charge < -0.3 is 95.6 Å². The molecule has 5 aromatic heterocycles. The summed E-state index contributed by atoms with van der Waals surface area (Å²) in [6.07, 6.45) is 8.97. The number of hydrogen-bond acceptors (Lipinski definition) is 29. The third kappa shape index (κ3) is 32.0. The Morgan fingerprint density at radius 3 is 0.876 bits per heavy atom. The van der Waals surface area contributed by atoms with Crippen molar-refractivity contribution in [1.29, 1.82) is 0 Å². The van der Waals surface area contributed by atoms with Gasteiger partial charge in [0.25, 0.3) is 27.8 Å². The summed E-state index contributed by atoms with van der Waals surface area (Å²) in [5.41, 5.74) is -4.19. The van der Waals surface area contributed by atoms with E-state index in [2.05, 4.69) is 121 Å². The van der Waals surface area contributed by atoms with Crippen LogP contribution in [-0.4, -0.2) is 362 Å². The van der Waals surface area contributed by atoms with Crippen LogP contribution in [0.4, 0.5) is 13.2 Å². The van der Waals surface area contributed by atoms with Crippen molar-refractivity contribution in [1.82, 2.24) is 68.6 Å². The van der Waals surface area contributed by atoms with Crippen molar-refractivity contribution in [3.8, 4) is 0 Å². The number of ether oxygens (including phenoxy) is 5. The van der Waals surface area contributed by atoms with Gasteiger partial charge in [-0.05, 0) is 167 Å². The molecular formula is C79H128F3N14O26P5S2. The minimum Gasteiger partial charge on any atom is -0.388 e. The number of hydrogen-bond donors (Lipinski definition) is 18. The predicted octanol–water partition coefficient (Wildman–Crippen LogP) is -0.911. The maximum atomic E-state index is 12.6. The molecule has 5 aliphatic heterocycles. The molecule has 129 heavy (non-hydrogen) atoms. The molecule has 5 aromatic rings. The number of aromatic amines is 5. The van der Waals surface area contributed by atoms with Crippen LogP contribution in [0.5, 0.6) is 0 Å². The smallest absolute Gasteiger partial charge is 0.388 e. The molecule has 5 fully saturated rings. The average Bonchev–Trinajstić information content (AvgIpc) is 1.68. The lowest BCUT2D eigenvalue weighted by atomic mass is 10.1. The Kier molecular flexibility index (Phi) is 40.0. The topological polar surface area (TPSA) is 579 Å². The lowest BCUT2D eigenvalue weighted by Gasteiger charge is -2.21. The Balaban J connectivity index is 0.000000249. The van der Waals surface area contributed by atoms with Crippen LogP contribution >= 0.6 is 58.9 Å². The summed E-state index contributed by atoms with van der Waals surface area (Å²) < 4.78 is 72.6. The number of alkyl halides is 3. The van der Waals surface area contributed by atoms with Crippen LogP contribution in [0.25, 0.3) is 0 Å². The molecule has 50 heteroatoms. The molecule has 0 saturated carbocycles. The Hall–Kier alpha value is -6.70. The number of amides is 3. The van der Waals surface area contributed by atoms with E-state index in [1.807, 2.05) is 25.2 Å². The van der Waals surface area contributed by atoms with Crippen molar-refractivity contribution in [3.63, 3.8) is 0 Å². The predicted molar refractivity (Wildman–Crippen MR) is 502 cm³/mol. The van der Waals surface area contributed by atoms with E-state index < -0.39 is 215 Å². The molecular weight excluding hydrogens is 1840 g/mol. The van der Waals surface area contributed by atoms with Crippen molar-refractivity contribution in [2.24, 2.45) is 0 Å². The van der Waals surface area contributed by atoms with Crippen LogP contribution < -0.4 is 60.8 Å². The normalized spacial score (nSPS) is 26.4. The minimum absolute atomic E-state index is 0.0231. The summed E-state index contributed by atoms with van der Waals surface area (Å²) in [7, 11) is 2.54. The van der Waals surface area contributed by atoms with Crippen LogP contribution in [0.3, 0.4) is 0 Å². The first kappa shape index (κ1) is 111. The number of aliphatic hydroxyl groups is 10. The average molecular weight is 1970 g/mol. The highest BCUT2D eigenvalue weighted by Crippen LogP contribution is 2.45. The molecule has 5 aliphatic rings. The van der Waals surface area contributed by atoms with E-state index in [0.717, 1.165) is 51.6 Å². The van der Waals surface area contributed by atoms with Crippen molar-refractivity contribution >= 4 is 108 Å². The minimum atomic E-state index is -5.12. The highest BCUT2D eigenvalue weighted by Gasteiger charge is 2.49. The monoisotopic (exact) mass is 1960 g/mol. The zero-order valence-electron chi connectivity index (χ0n) is 74.9. The Labute approximate surface area is 752 Å². The molecule has 2 unspecified atom stereocenters. The van der Waals surface area contributed by atoms with E-state index in [-0.39, 0.29) is 68.1 Å². The highest BCUT2D eigenvalue weighted by atomic mass is 32.1. The van der Waals surface area contributed by atoms with Gasteiger partial charge in [-0.3, -0.25) is 86.1 Å². The molecule has 18 N–H and O–H groups in total. The number of aromatic nitrogens is 10. The van der Waals surface area contributed by atoms with E-state index in [4.69, 9.17) is 48.1 Å². The second kappa shape index (κ2) is 46.5. The van der Waals surface area contributed by atoms with Crippen LogP contribution in [0.15, 0.2) is 69.3 Å². The molecule has 10 rings (SSSR count). The number of carbonyl (C=O) groups excluding carboxylic acids is 3. The molecule has 0 spiro atoms. The third-order valence-electron chi connectivity index (χ3n) is 21.2. The summed E-state index contributed by atoms with van der Waals surface area (Å²) in [6, 6.07) is 0. The highest BCUT2D eigenvalue weighted by molar-refractivity contribution is 7.73. The van der Waals surface area contributed by atoms with E-state index in [1.165, 1.54) is 41.6 Å². The molecule has 20 atom stereocenters. The van der Waals surface area contributed by atoms with Crippen LogP contribution in [-0.2, 0) is 70.7 Å². The van der Waals surface area contributed by atoms with Crippen LogP contribution in [0.2, 0.25) is 0 Å². The first-order valence-corrected chi connectivity index (χ1v) is 57.1. The standard InChI is InChI=1S/C17H25F3N3O6P.C16H26N3O6P.C16H26N3O5PS.C15H26N3O5P.C15H25N2O4PS/c1-22(15(27)17(18,19)20)7-9-8-23(16(28)21-13(9)26)14-12(25)11(24)10(29-14)5-6-30(2,3)4;1-9(20)17-7-10-8-19(16(24)18-14(10)23)15-13(22)12(21)11(25-15)5-6-26(2,3)4;1-9(20)17-7-10-8-19(16(26)18-14(10)23)15-13(22)12(21)11(24-15)5-6-25(2,3)4;1-16-7-9-8-18(15(22)17-13(9)21)14-12(20)11(19)10(23-14)5-6-24(2,3)4;1-5-9-8-17(15(23)16-13(9)20)14-12(19)11(18)10(21-14)6-7-22(2,3)4/h8,10-12,14,24-25H,2,5-7H2,1,3-4H3,(H,21,26,28);8,11-13,15,21-22H,2,5-7H2,1,3-4H3,(H,17,20)(H,18,23,24);8,11-13,15,21-22H,2,5-7H2,1,3-4H3,(H,17,20)(H,18,23,26);8,10-12,14,16,19-20H,2,5-7H2,1,3-4H3,(H,17,21,22);8,10-12,14,18-19H,2,5-7H2,1,3-4H3,(H,16,20,23)/t10-,11-,12-,14-;2*11-,12-,13-,15-;2*10-,11-,12-,14?/m11111/s1. The fourth-order valence-corrected chi connectivity index (χ4v) is 19.1. The third-order valence-corrected chi connectivity index (χ3v) is 29.1. The molecule has 3 amide bonds. The van der Waals surface area contributed by atoms with Gasteiger partial charge in [-0.1, -0.05) is 6.92 Å². The number of carbonyl (C=O) groups is 3. The zero-order chi connectivity index (χ0) is 97.7. The molecule has 0 radical (unpaired) electrons. The lowest BCUT2D eigenvalue weighted by Crippen LogP contribution is -2.42. The Bertz CT molecular complexity index is 5510. The van der Waals surface area contributed by atoms with Gasteiger partial charge in [-0.2, -0.15) is 13.2 Å². The van der Waals surface area contributed by atoms with Gasteiger partial charge in [-0.15, -0.1) is 65.9 Å². The first-order valence-electron chi connectivity index (χ1n) is 41.0. The van der Waals surface area contributed by atoms with Gasteiger partial charge >= 0.3 is 29.2 Å². The van der Waals surface area contributed by atoms with E-state index in [0.29, 0.717) is 55.8 Å². The van der Waals surface area contributed by atoms with Crippen molar-refractivity contribution in [2.75, 3.05) is 112 Å². The van der Waals surface area contributed by atoms with Crippen LogP contribution in [0.1, 0.15) is 112 Å². The van der Waals surface area contributed by atoms with Gasteiger partial charge in [0.1, 0.15) is 61.0 Å². The quantitative estimate of drug-likeness (QED) is 0.0203. The first-order chi connectivity index (χ1) is 59.4. The van der Waals surface area contributed by atoms with Crippen molar-refractivity contribution < 1.29 is 102 Å². The number of H-pyrrole nitrogens is 5. The maximum Gasteiger partial charge on any atom is 0.471 e. The SMILES string of the molecule is C=P(C)(C)CC[C@H]1OC(n2cc(CC)c(=O)[nH]c2=S)[C@H](O)[C@@H]1O.C=P(C)(C)CC[C@H]1OC(n2cc(CNC)c(=O)[nH]c2=O)[C@H](O)[C@@H]1O.C=P(C)(C)CC[C@H]1O[C@@H](n2cc(CN(C)C(=O)C(F)(F)F)c(=O)[nH]c2=O)[C@H](O)[C@@H]1O.C=P(C)(C)CC[C@H]1O[C@@H](n2cc(CNC(C)=O)c(=O)[nH]c2=O)[C@H](O)[C@@H]1O.C=P(C)(C)CC[C@H]1O[C@@H](n2cc(CNC(C)=O)c(=O)[nH]c2=S)[C@H](O)[C@@H]1O. The van der Waals surface area contributed by atoms with Gasteiger partial charge in [0.15, 0.2) is 40.7 Å². The summed E-state index contributed by atoms with van der Waals surface area (Å²) in [4.78, 5) is 141. The number of nitrogens with one attached hydrogen (secondary N) is 8. The number of rotatable bonds is 29. The number of nitrogens with zero attached hydrogens (tertiary/aromatic N) is 6. The molecule has 10 heterocycles.